The first-order chi connectivity index (χ1) is 9.74. The van der Waals surface area contributed by atoms with Gasteiger partial charge in [-0.2, -0.15) is 0 Å². The third kappa shape index (κ3) is 2.60. The number of rotatable bonds is 3. The van der Waals surface area contributed by atoms with E-state index in [4.69, 9.17) is 0 Å². The van der Waals surface area contributed by atoms with Crippen molar-refractivity contribution in [3.8, 4) is 0 Å². The Kier molecular flexibility index (Phi) is 3.56. The van der Waals surface area contributed by atoms with E-state index >= 15 is 0 Å². The Balaban J connectivity index is 1.63. The van der Waals surface area contributed by atoms with E-state index in [2.05, 4.69) is 16.0 Å². The lowest BCUT2D eigenvalue weighted by Crippen LogP contribution is -2.35. The van der Waals surface area contributed by atoms with E-state index in [-0.39, 0.29) is 18.0 Å². The average Bonchev–Trinajstić information content (AvgIpc) is 3.11. The Morgan fingerprint density at radius 1 is 1.25 bits per heavy atom. The summed E-state index contributed by atoms with van der Waals surface area (Å²) in [6, 6.07) is 7.20. The van der Waals surface area contributed by atoms with E-state index in [1.165, 1.54) is 0 Å². The van der Waals surface area contributed by atoms with Crippen molar-refractivity contribution < 1.29 is 9.59 Å². The van der Waals surface area contributed by atoms with Crippen molar-refractivity contribution in [2.24, 2.45) is 0 Å². The maximum absolute atomic E-state index is 12.0. The van der Waals surface area contributed by atoms with Gasteiger partial charge in [0, 0.05) is 24.5 Å². The number of carbonyl (C=O) groups is 2. The van der Waals surface area contributed by atoms with Crippen LogP contribution in [0.5, 0.6) is 0 Å². The van der Waals surface area contributed by atoms with E-state index < -0.39 is 0 Å². The number of nitrogens with zero attached hydrogens (tertiary/aromatic N) is 1. The minimum Gasteiger partial charge on any atom is -0.336 e. The quantitative estimate of drug-likeness (QED) is 0.767. The molecule has 6 nitrogen and oxygen atoms in total. The number of urea groups is 1. The van der Waals surface area contributed by atoms with Crippen LogP contribution in [0.1, 0.15) is 12.8 Å². The molecule has 6 heteroatoms. The number of hydrogen-bond donors (Lipinski definition) is 3. The number of amides is 3. The van der Waals surface area contributed by atoms with Crippen molar-refractivity contribution >= 4 is 23.3 Å². The molecule has 0 spiro atoms. The largest absolute Gasteiger partial charge is 0.336 e. The summed E-state index contributed by atoms with van der Waals surface area (Å²) in [5, 5.41) is 8.82. The Hall–Kier alpha value is -2.08. The van der Waals surface area contributed by atoms with Gasteiger partial charge in [0.05, 0.1) is 6.04 Å². The summed E-state index contributed by atoms with van der Waals surface area (Å²) in [5.74, 6) is 0.00849. The highest BCUT2D eigenvalue weighted by Crippen LogP contribution is 2.20. The van der Waals surface area contributed by atoms with E-state index in [1.807, 2.05) is 24.3 Å². The topological polar surface area (TPSA) is 73.5 Å². The number of nitrogens with one attached hydrogen (secondary N) is 3. The highest BCUT2D eigenvalue weighted by atomic mass is 16.2. The molecule has 0 saturated carbocycles. The predicted molar refractivity (Wildman–Crippen MR) is 76.8 cm³/mol. The lowest BCUT2D eigenvalue weighted by Gasteiger charge is -2.15. The molecule has 20 heavy (non-hydrogen) atoms. The van der Waals surface area contributed by atoms with E-state index in [9.17, 15) is 9.59 Å². The molecule has 0 bridgehead atoms. The molecule has 2 saturated heterocycles. The maximum atomic E-state index is 12.0. The Morgan fingerprint density at radius 2 is 2.05 bits per heavy atom. The lowest BCUT2D eigenvalue weighted by atomic mass is 10.2. The fourth-order valence-electron chi connectivity index (χ4n) is 2.58. The number of benzene rings is 1. The molecule has 0 unspecified atom stereocenters. The van der Waals surface area contributed by atoms with Crippen LogP contribution in [0.3, 0.4) is 0 Å². The van der Waals surface area contributed by atoms with Crippen molar-refractivity contribution in [1.82, 2.24) is 10.6 Å². The van der Waals surface area contributed by atoms with Crippen LogP contribution in [0, 0.1) is 0 Å². The van der Waals surface area contributed by atoms with Crippen LogP contribution in [-0.2, 0) is 4.79 Å². The molecule has 1 aromatic carbocycles. The molecular formula is C14H18N4O2. The Bertz CT molecular complexity index is 508. The van der Waals surface area contributed by atoms with Crippen LogP contribution >= 0.6 is 0 Å². The maximum Gasteiger partial charge on any atom is 0.321 e. The van der Waals surface area contributed by atoms with Crippen LogP contribution in [0.25, 0.3) is 0 Å². The van der Waals surface area contributed by atoms with E-state index in [1.54, 1.807) is 4.90 Å². The van der Waals surface area contributed by atoms with Gasteiger partial charge in [0.1, 0.15) is 0 Å². The van der Waals surface area contributed by atoms with Crippen LogP contribution in [-0.4, -0.2) is 37.6 Å². The number of hydrogen-bond acceptors (Lipinski definition) is 3. The van der Waals surface area contributed by atoms with E-state index in [0.29, 0.717) is 13.1 Å². The van der Waals surface area contributed by atoms with Gasteiger partial charge in [0.2, 0.25) is 5.91 Å². The summed E-state index contributed by atoms with van der Waals surface area (Å²) in [6.07, 6.45) is 1.93. The highest BCUT2D eigenvalue weighted by molar-refractivity contribution is 5.96. The summed E-state index contributed by atoms with van der Waals surface area (Å²) < 4.78 is 0. The third-order valence-electron chi connectivity index (χ3n) is 3.68. The zero-order valence-electron chi connectivity index (χ0n) is 11.2. The van der Waals surface area contributed by atoms with Crippen LogP contribution in [0.15, 0.2) is 24.3 Å². The molecule has 106 valence electrons. The molecule has 3 amide bonds. The summed E-state index contributed by atoms with van der Waals surface area (Å²) in [5.41, 5.74) is 1.60. The normalized spacial score (nSPS) is 21.9. The van der Waals surface area contributed by atoms with E-state index in [0.717, 1.165) is 30.8 Å². The van der Waals surface area contributed by atoms with Gasteiger partial charge >= 0.3 is 6.03 Å². The summed E-state index contributed by atoms with van der Waals surface area (Å²) in [7, 11) is 0. The standard InChI is InChI=1S/C14H18N4O2/c19-13(12-2-1-7-15-12)17-10-3-5-11(6-4-10)18-9-8-16-14(18)20/h3-6,12,15H,1-2,7-9H2,(H,16,20)(H,17,19)/t12-/m0/s1. The highest BCUT2D eigenvalue weighted by Gasteiger charge is 2.23. The van der Waals surface area contributed by atoms with Gasteiger partial charge in [-0.1, -0.05) is 0 Å². The molecule has 1 atom stereocenters. The van der Waals surface area contributed by atoms with Crippen LogP contribution in [0.4, 0.5) is 16.2 Å². The van der Waals surface area contributed by atoms with Crippen LogP contribution in [0.2, 0.25) is 0 Å². The van der Waals surface area contributed by atoms with Gasteiger partial charge in [-0.05, 0) is 43.7 Å². The number of carbonyl (C=O) groups excluding carboxylic acids is 2. The Labute approximate surface area is 117 Å². The molecule has 2 heterocycles. The first kappa shape index (κ1) is 12.9. The van der Waals surface area contributed by atoms with Gasteiger partial charge < -0.3 is 16.0 Å². The first-order valence-corrected chi connectivity index (χ1v) is 6.94. The average molecular weight is 274 g/mol. The molecule has 2 aliphatic rings. The van der Waals surface area contributed by atoms with Crippen molar-refractivity contribution in [2.45, 2.75) is 18.9 Å². The smallest absolute Gasteiger partial charge is 0.321 e. The fourth-order valence-corrected chi connectivity index (χ4v) is 2.58. The second-order valence-electron chi connectivity index (χ2n) is 5.07. The monoisotopic (exact) mass is 274 g/mol. The molecule has 0 radical (unpaired) electrons. The van der Waals surface area contributed by atoms with Crippen molar-refractivity contribution in [3.63, 3.8) is 0 Å². The first-order valence-electron chi connectivity index (χ1n) is 6.94. The molecule has 0 aliphatic carbocycles. The molecule has 2 aliphatic heterocycles. The second kappa shape index (κ2) is 5.50. The lowest BCUT2D eigenvalue weighted by molar-refractivity contribution is -0.117. The third-order valence-corrected chi connectivity index (χ3v) is 3.68. The van der Waals surface area contributed by atoms with Gasteiger partial charge in [-0.15, -0.1) is 0 Å². The zero-order chi connectivity index (χ0) is 13.9. The van der Waals surface area contributed by atoms with Gasteiger partial charge in [0.15, 0.2) is 0 Å². The SMILES string of the molecule is O=C(Nc1ccc(N2CCNC2=O)cc1)[C@@H]1CCCN1. The number of anilines is 2. The summed E-state index contributed by atoms with van der Waals surface area (Å²) >= 11 is 0. The second-order valence-corrected chi connectivity index (χ2v) is 5.07. The fraction of sp³-hybridized carbons (Fsp3) is 0.429. The molecule has 3 rings (SSSR count). The molecule has 1 aromatic rings. The predicted octanol–water partition coefficient (Wildman–Crippen LogP) is 0.907. The minimum atomic E-state index is -0.0842. The van der Waals surface area contributed by atoms with Gasteiger partial charge in [0.25, 0.3) is 0 Å². The van der Waals surface area contributed by atoms with Crippen LogP contribution < -0.4 is 20.9 Å². The minimum absolute atomic E-state index is 0.00849. The van der Waals surface area contributed by atoms with Gasteiger partial charge in [-0.25, -0.2) is 4.79 Å². The van der Waals surface area contributed by atoms with Gasteiger partial charge in [-0.3, -0.25) is 9.69 Å². The molecule has 2 fully saturated rings. The van der Waals surface area contributed by atoms with Crippen molar-refractivity contribution in [3.05, 3.63) is 24.3 Å². The van der Waals surface area contributed by atoms with Crippen molar-refractivity contribution in [1.29, 1.82) is 0 Å². The molecule has 3 N–H and O–H groups in total. The Morgan fingerprint density at radius 3 is 2.65 bits per heavy atom. The summed E-state index contributed by atoms with van der Waals surface area (Å²) in [6.45, 7) is 2.25. The zero-order valence-corrected chi connectivity index (χ0v) is 11.2. The molecular weight excluding hydrogens is 256 g/mol. The summed E-state index contributed by atoms with van der Waals surface area (Å²) in [4.78, 5) is 25.2. The molecule has 0 aromatic heterocycles. The van der Waals surface area contributed by atoms with Crippen molar-refractivity contribution in [2.75, 3.05) is 29.9 Å².